The van der Waals surface area contributed by atoms with Gasteiger partial charge in [-0.15, -0.1) is 0 Å². The van der Waals surface area contributed by atoms with Crippen molar-refractivity contribution in [1.29, 1.82) is 0 Å². The van der Waals surface area contributed by atoms with Gasteiger partial charge in [-0.1, -0.05) is 129 Å². The van der Waals surface area contributed by atoms with Gasteiger partial charge < -0.3 is 14.6 Å². The summed E-state index contributed by atoms with van der Waals surface area (Å²) in [7, 11) is 0. The summed E-state index contributed by atoms with van der Waals surface area (Å²) >= 11 is 0. The van der Waals surface area contributed by atoms with Crippen LogP contribution < -0.4 is 24.0 Å². The minimum absolute atomic E-state index is 0. The first-order valence-electron chi connectivity index (χ1n) is 12.5. The number of carbonyl (C=O) groups is 1. The van der Waals surface area contributed by atoms with Crippen molar-refractivity contribution in [2.24, 2.45) is 5.92 Å². The molecule has 4 heteroatoms. The van der Waals surface area contributed by atoms with Crippen LogP contribution in [0.4, 0.5) is 4.79 Å². The summed E-state index contributed by atoms with van der Waals surface area (Å²) in [5, 5.41) is 10.6. The van der Waals surface area contributed by atoms with E-state index in [1.165, 1.54) is 116 Å². The predicted molar refractivity (Wildman–Crippen MR) is 119 cm³/mol. The van der Waals surface area contributed by atoms with Crippen LogP contribution in [0, 0.1) is 5.92 Å². The molecule has 3 nitrogen and oxygen atoms in total. The summed E-state index contributed by atoms with van der Waals surface area (Å²) in [4.78, 5) is 10.6. The van der Waals surface area contributed by atoms with Gasteiger partial charge in [-0.3, -0.25) is 0 Å². The van der Waals surface area contributed by atoms with Crippen LogP contribution in [0.25, 0.3) is 0 Å². The van der Waals surface area contributed by atoms with Crippen LogP contribution in [-0.4, -0.2) is 12.8 Å². The molecule has 29 heavy (non-hydrogen) atoms. The van der Waals surface area contributed by atoms with Crippen molar-refractivity contribution in [3.8, 4) is 0 Å². The number of rotatable bonds is 22. The van der Waals surface area contributed by atoms with E-state index in [0.717, 1.165) is 12.8 Å². The zero-order chi connectivity index (χ0) is 20.7. The van der Waals surface area contributed by atoms with Crippen LogP contribution >= 0.6 is 0 Å². The van der Waals surface area contributed by atoms with Gasteiger partial charge in [-0.2, -0.15) is 0 Å². The second-order valence-corrected chi connectivity index (χ2v) is 8.66. The number of unbranched alkanes of at least 4 members (excludes halogenated alkanes) is 16. The normalized spacial score (nSPS) is 11.8. The number of carbonyl (C=O) groups excluding carboxylic acids is 1. The second-order valence-electron chi connectivity index (χ2n) is 8.66. The summed E-state index contributed by atoms with van der Waals surface area (Å²) < 4.78 is 4.77. The van der Waals surface area contributed by atoms with Crippen LogP contribution in [0.1, 0.15) is 142 Å². The molecule has 0 N–H and O–H groups in total. The Kier molecular flexibility index (Phi) is 27.7. The second kappa shape index (κ2) is 25.9. The maximum Gasteiger partial charge on any atom is 1.00 e. The van der Waals surface area contributed by atoms with Crippen LogP contribution in [0.2, 0.25) is 0 Å². The molecule has 0 bridgehead atoms. The molecule has 0 saturated heterocycles. The molecule has 1 atom stereocenters. The molecule has 0 spiro atoms. The summed E-state index contributed by atoms with van der Waals surface area (Å²) in [6.45, 7) is 4.85. The van der Waals surface area contributed by atoms with Crippen LogP contribution in [0.15, 0.2) is 0 Å². The molecule has 0 aromatic heterocycles. The molecule has 0 aliphatic rings. The molecule has 0 amide bonds. The third-order valence-corrected chi connectivity index (χ3v) is 5.87. The molecular formula is C25H49LiO3. The van der Waals surface area contributed by atoms with E-state index < -0.39 is 6.16 Å². The maximum atomic E-state index is 10.6. The summed E-state index contributed by atoms with van der Waals surface area (Å²) in [5.41, 5.74) is 0. The quantitative estimate of drug-likeness (QED) is 0.148. The molecule has 1 unspecified atom stereocenters. The van der Waals surface area contributed by atoms with E-state index in [2.05, 4.69) is 13.8 Å². The average Bonchev–Trinajstić information content (AvgIpc) is 2.68. The van der Waals surface area contributed by atoms with Gasteiger partial charge in [0.2, 0.25) is 0 Å². The first-order valence-corrected chi connectivity index (χ1v) is 12.5. The van der Waals surface area contributed by atoms with Crippen molar-refractivity contribution in [3.05, 3.63) is 0 Å². The topological polar surface area (TPSA) is 49.4 Å². The summed E-state index contributed by atoms with van der Waals surface area (Å²) in [6.07, 6.45) is 24.8. The largest absolute Gasteiger partial charge is 1.00 e. The van der Waals surface area contributed by atoms with Crippen LogP contribution in [0.5, 0.6) is 0 Å². The molecular weight excluding hydrogens is 355 g/mol. The van der Waals surface area contributed by atoms with E-state index in [9.17, 15) is 9.90 Å². The van der Waals surface area contributed by atoms with Gasteiger partial charge in [0.1, 0.15) is 0 Å². The molecule has 168 valence electrons. The van der Waals surface area contributed by atoms with E-state index in [-0.39, 0.29) is 18.9 Å². The smallest absolute Gasteiger partial charge is 0.549 e. The first-order chi connectivity index (χ1) is 13.7. The SMILES string of the molecule is CCCCCCCCCCCCC(CCCCCCCCCC)COC(=O)[O-].[Li+]. The Labute approximate surface area is 194 Å². The standard InChI is InChI=1S/C25H50O3.Li/c1-3-5-7-9-11-13-14-16-18-20-22-24(23-28-25(26)27)21-19-17-15-12-10-8-6-4-2;/h24H,3-23H2,1-2H3,(H,26,27);/q;+1/p-1. The first kappa shape index (κ1) is 31.1. The van der Waals surface area contributed by atoms with Crippen molar-refractivity contribution in [1.82, 2.24) is 0 Å². The Morgan fingerprint density at radius 1 is 0.621 bits per heavy atom. The molecule has 0 radical (unpaired) electrons. The van der Waals surface area contributed by atoms with Gasteiger partial charge in [0.25, 0.3) is 6.16 Å². The monoisotopic (exact) mass is 404 g/mol. The molecule has 0 fully saturated rings. The van der Waals surface area contributed by atoms with Gasteiger partial charge in [-0.05, 0) is 18.8 Å². The fourth-order valence-corrected chi connectivity index (χ4v) is 3.98. The van der Waals surface area contributed by atoms with Crippen LogP contribution in [-0.2, 0) is 4.74 Å². The van der Waals surface area contributed by atoms with E-state index in [1.54, 1.807) is 0 Å². The number of ether oxygens (including phenoxy) is 1. The Morgan fingerprint density at radius 2 is 0.931 bits per heavy atom. The molecule has 0 aliphatic carbocycles. The summed E-state index contributed by atoms with van der Waals surface area (Å²) in [5.74, 6) is 0.382. The van der Waals surface area contributed by atoms with E-state index in [0.29, 0.717) is 12.5 Å². The zero-order valence-electron chi connectivity index (χ0n) is 20.2. The molecule has 0 rings (SSSR count). The van der Waals surface area contributed by atoms with Crippen molar-refractivity contribution in [2.75, 3.05) is 6.61 Å². The van der Waals surface area contributed by atoms with E-state index >= 15 is 0 Å². The van der Waals surface area contributed by atoms with Crippen LogP contribution in [0.3, 0.4) is 0 Å². The predicted octanol–water partition coefficient (Wildman–Crippen LogP) is 4.81. The van der Waals surface area contributed by atoms with Gasteiger partial charge in [0.05, 0.1) is 0 Å². The van der Waals surface area contributed by atoms with Gasteiger partial charge in [0, 0.05) is 6.61 Å². The maximum absolute atomic E-state index is 10.6. The van der Waals surface area contributed by atoms with Crippen molar-refractivity contribution < 1.29 is 33.5 Å². The van der Waals surface area contributed by atoms with Gasteiger partial charge >= 0.3 is 18.9 Å². The Balaban J connectivity index is 0. The number of hydrogen-bond donors (Lipinski definition) is 0. The number of carboxylic acid groups (broad SMARTS) is 1. The number of hydrogen-bond acceptors (Lipinski definition) is 3. The molecule has 0 aromatic rings. The van der Waals surface area contributed by atoms with E-state index in [4.69, 9.17) is 4.74 Å². The fourth-order valence-electron chi connectivity index (χ4n) is 3.98. The fraction of sp³-hybridized carbons (Fsp3) is 0.960. The molecule has 0 aromatic carbocycles. The third kappa shape index (κ3) is 25.8. The Morgan fingerprint density at radius 3 is 1.24 bits per heavy atom. The molecule has 0 aliphatic heterocycles. The van der Waals surface area contributed by atoms with Crippen molar-refractivity contribution in [2.45, 2.75) is 142 Å². The third-order valence-electron chi connectivity index (χ3n) is 5.87. The van der Waals surface area contributed by atoms with Crippen molar-refractivity contribution in [3.63, 3.8) is 0 Å². The Bertz CT molecular complexity index is 323. The average molecular weight is 405 g/mol. The zero-order valence-corrected chi connectivity index (χ0v) is 20.2. The van der Waals surface area contributed by atoms with E-state index in [1.807, 2.05) is 0 Å². The Hall–Kier alpha value is -0.133. The van der Waals surface area contributed by atoms with Gasteiger partial charge in [0.15, 0.2) is 0 Å². The minimum Gasteiger partial charge on any atom is -0.549 e. The molecule has 0 saturated carbocycles. The van der Waals surface area contributed by atoms with Gasteiger partial charge in [-0.25, -0.2) is 0 Å². The van der Waals surface area contributed by atoms with Crippen molar-refractivity contribution >= 4 is 6.16 Å². The molecule has 0 heterocycles. The minimum atomic E-state index is -1.37. The summed E-state index contributed by atoms with van der Waals surface area (Å²) in [6, 6.07) is 0.